The summed E-state index contributed by atoms with van der Waals surface area (Å²) >= 11 is 0. The van der Waals surface area contributed by atoms with Crippen LogP contribution in [-0.4, -0.2) is 39.3 Å². The molecule has 0 aliphatic carbocycles. The summed E-state index contributed by atoms with van der Waals surface area (Å²) in [6.45, 7) is 6.72. The van der Waals surface area contributed by atoms with Gasteiger partial charge in [0.1, 0.15) is 0 Å². The number of hydrogen-bond acceptors (Lipinski definition) is 3. The Labute approximate surface area is 111 Å². The molecule has 3 nitrogen and oxygen atoms in total. The zero-order valence-corrected chi connectivity index (χ0v) is 12.0. The van der Waals surface area contributed by atoms with Crippen molar-refractivity contribution in [1.29, 1.82) is 0 Å². The van der Waals surface area contributed by atoms with Gasteiger partial charge in [-0.2, -0.15) is 0 Å². The number of hydrogen-bond donors (Lipinski definition) is 1. The second-order valence-electron chi connectivity index (χ2n) is 5.66. The molecule has 1 heterocycles. The van der Waals surface area contributed by atoms with Gasteiger partial charge in [0.15, 0.2) is 0 Å². The predicted octanol–water partition coefficient (Wildman–Crippen LogP) is 2.33. The fourth-order valence-corrected chi connectivity index (χ4v) is 2.56. The number of nitrogens with one attached hydrogen (secondary N) is 1. The molecule has 0 amide bonds. The molecule has 1 aliphatic heterocycles. The Morgan fingerprint density at radius 1 is 1.22 bits per heavy atom. The average molecular weight is 247 g/mol. The van der Waals surface area contributed by atoms with Gasteiger partial charge >= 0.3 is 0 Å². The van der Waals surface area contributed by atoms with E-state index >= 15 is 0 Å². The highest BCUT2D eigenvalue weighted by molar-refractivity contribution is 5.56. The standard InChI is InChI=1S/C15H25N3/c1-12(2)16-13-9-10-18(11-13)15-7-5-14(6-8-15)17(3)4/h5-8,12-13,16H,9-11H2,1-4H3. The Hall–Kier alpha value is -1.22. The molecule has 2 rings (SSSR count). The number of rotatable bonds is 4. The molecule has 18 heavy (non-hydrogen) atoms. The molecule has 100 valence electrons. The normalized spacial score (nSPS) is 19.6. The molecule has 0 aromatic heterocycles. The summed E-state index contributed by atoms with van der Waals surface area (Å²) in [5.74, 6) is 0. The van der Waals surface area contributed by atoms with Crippen LogP contribution in [0.15, 0.2) is 24.3 Å². The van der Waals surface area contributed by atoms with Crippen molar-refractivity contribution in [2.24, 2.45) is 0 Å². The van der Waals surface area contributed by atoms with Gasteiger partial charge in [0.05, 0.1) is 0 Å². The maximum atomic E-state index is 3.62. The maximum absolute atomic E-state index is 3.62. The van der Waals surface area contributed by atoms with Gasteiger partial charge < -0.3 is 15.1 Å². The zero-order valence-electron chi connectivity index (χ0n) is 12.0. The Bertz CT molecular complexity index is 370. The summed E-state index contributed by atoms with van der Waals surface area (Å²) in [5.41, 5.74) is 2.60. The van der Waals surface area contributed by atoms with Crippen LogP contribution in [0, 0.1) is 0 Å². The zero-order chi connectivity index (χ0) is 13.1. The fourth-order valence-electron chi connectivity index (χ4n) is 2.56. The van der Waals surface area contributed by atoms with Crippen molar-refractivity contribution in [3.63, 3.8) is 0 Å². The molecule has 1 unspecified atom stereocenters. The first-order valence-electron chi connectivity index (χ1n) is 6.84. The minimum Gasteiger partial charge on any atom is -0.378 e. The predicted molar refractivity (Wildman–Crippen MR) is 79.7 cm³/mol. The summed E-state index contributed by atoms with van der Waals surface area (Å²) in [4.78, 5) is 4.61. The highest BCUT2D eigenvalue weighted by atomic mass is 15.2. The lowest BCUT2D eigenvalue weighted by molar-refractivity contribution is 0.492. The van der Waals surface area contributed by atoms with E-state index < -0.39 is 0 Å². The van der Waals surface area contributed by atoms with Crippen LogP contribution in [0.2, 0.25) is 0 Å². The van der Waals surface area contributed by atoms with E-state index in [-0.39, 0.29) is 0 Å². The summed E-state index contributed by atoms with van der Waals surface area (Å²) in [6.07, 6.45) is 1.24. The van der Waals surface area contributed by atoms with Gasteiger partial charge in [-0.1, -0.05) is 13.8 Å². The fraction of sp³-hybridized carbons (Fsp3) is 0.600. The quantitative estimate of drug-likeness (QED) is 0.881. The molecule has 1 N–H and O–H groups in total. The van der Waals surface area contributed by atoms with E-state index in [1.807, 2.05) is 0 Å². The minimum absolute atomic E-state index is 0.575. The van der Waals surface area contributed by atoms with E-state index in [4.69, 9.17) is 0 Å². The van der Waals surface area contributed by atoms with Crippen molar-refractivity contribution >= 4 is 11.4 Å². The molecule has 1 aromatic carbocycles. The minimum atomic E-state index is 0.575. The molecule has 0 spiro atoms. The first-order chi connectivity index (χ1) is 8.56. The maximum Gasteiger partial charge on any atom is 0.0368 e. The van der Waals surface area contributed by atoms with Crippen LogP contribution in [0.3, 0.4) is 0 Å². The molecule has 1 fully saturated rings. The summed E-state index contributed by atoms with van der Waals surface area (Å²) in [5, 5.41) is 3.62. The molecular weight excluding hydrogens is 222 g/mol. The van der Waals surface area contributed by atoms with E-state index in [1.54, 1.807) is 0 Å². The molecule has 0 saturated carbocycles. The van der Waals surface area contributed by atoms with Crippen LogP contribution in [0.25, 0.3) is 0 Å². The van der Waals surface area contributed by atoms with E-state index in [1.165, 1.54) is 17.8 Å². The lowest BCUT2D eigenvalue weighted by Gasteiger charge is -2.21. The van der Waals surface area contributed by atoms with Gasteiger partial charge in [-0.05, 0) is 30.7 Å². The van der Waals surface area contributed by atoms with Gasteiger partial charge in [0.25, 0.3) is 0 Å². The second-order valence-corrected chi connectivity index (χ2v) is 5.66. The van der Waals surface area contributed by atoms with E-state index in [2.05, 4.69) is 67.3 Å². The van der Waals surface area contributed by atoms with Crippen molar-refractivity contribution in [2.75, 3.05) is 37.0 Å². The van der Waals surface area contributed by atoms with Crippen LogP contribution in [-0.2, 0) is 0 Å². The largest absolute Gasteiger partial charge is 0.378 e. The van der Waals surface area contributed by atoms with E-state index in [0.29, 0.717) is 12.1 Å². The molecule has 1 aliphatic rings. The molecule has 0 bridgehead atoms. The highest BCUT2D eigenvalue weighted by Crippen LogP contribution is 2.23. The monoisotopic (exact) mass is 247 g/mol. The van der Waals surface area contributed by atoms with E-state index in [0.717, 1.165) is 13.1 Å². The third-order valence-corrected chi connectivity index (χ3v) is 3.49. The molecule has 1 saturated heterocycles. The lowest BCUT2D eigenvalue weighted by Crippen LogP contribution is -2.37. The number of anilines is 2. The van der Waals surface area contributed by atoms with Crippen molar-refractivity contribution in [3.8, 4) is 0 Å². The molecule has 3 heteroatoms. The van der Waals surface area contributed by atoms with Gasteiger partial charge in [-0.15, -0.1) is 0 Å². The van der Waals surface area contributed by atoms with Crippen LogP contribution >= 0.6 is 0 Å². The van der Waals surface area contributed by atoms with Crippen molar-refractivity contribution < 1.29 is 0 Å². The molecule has 1 atom stereocenters. The summed E-state index contributed by atoms with van der Waals surface area (Å²) < 4.78 is 0. The average Bonchev–Trinajstić information content (AvgIpc) is 2.76. The van der Waals surface area contributed by atoms with Crippen LogP contribution in [0.1, 0.15) is 20.3 Å². The first kappa shape index (κ1) is 13.2. The van der Waals surface area contributed by atoms with Gasteiger partial charge in [-0.25, -0.2) is 0 Å². The van der Waals surface area contributed by atoms with Crippen molar-refractivity contribution in [2.45, 2.75) is 32.4 Å². The third-order valence-electron chi connectivity index (χ3n) is 3.49. The topological polar surface area (TPSA) is 18.5 Å². The Morgan fingerprint density at radius 2 is 1.89 bits per heavy atom. The molecule has 1 aromatic rings. The smallest absolute Gasteiger partial charge is 0.0368 e. The Morgan fingerprint density at radius 3 is 2.44 bits per heavy atom. The van der Waals surface area contributed by atoms with Gasteiger partial charge in [0, 0.05) is 50.6 Å². The van der Waals surface area contributed by atoms with Crippen molar-refractivity contribution in [1.82, 2.24) is 5.32 Å². The molecular formula is C15H25N3. The van der Waals surface area contributed by atoms with Crippen LogP contribution in [0.5, 0.6) is 0 Å². The first-order valence-corrected chi connectivity index (χ1v) is 6.84. The van der Waals surface area contributed by atoms with Crippen molar-refractivity contribution in [3.05, 3.63) is 24.3 Å². The van der Waals surface area contributed by atoms with Gasteiger partial charge in [0.2, 0.25) is 0 Å². The summed E-state index contributed by atoms with van der Waals surface area (Å²) in [6, 6.07) is 10.1. The molecule has 0 radical (unpaired) electrons. The van der Waals surface area contributed by atoms with Gasteiger partial charge in [-0.3, -0.25) is 0 Å². The highest BCUT2D eigenvalue weighted by Gasteiger charge is 2.22. The lowest BCUT2D eigenvalue weighted by atomic mass is 10.2. The van der Waals surface area contributed by atoms with E-state index in [9.17, 15) is 0 Å². The van der Waals surface area contributed by atoms with Crippen LogP contribution in [0.4, 0.5) is 11.4 Å². The third kappa shape index (κ3) is 3.16. The Balaban J connectivity index is 1.96. The SMILES string of the molecule is CC(C)NC1CCN(c2ccc(N(C)C)cc2)C1. The Kier molecular flexibility index (Phi) is 4.12. The number of benzene rings is 1. The summed E-state index contributed by atoms with van der Waals surface area (Å²) in [7, 11) is 4.15. The number of nitrogens with zero attached hydrogens (tertiary/aromatic N) is 2. The van der Waals surface area contributed by atoms with Crippen LogP contribution < -0.4 is 15.1 Å². The second kappa shape index (κ2) is 5.61.